The highest BCUT2D eigenvalue weighted by Crippen LogP contribution is 2.06. The molecule has 2 rings (SSSR count). The van der Waals surface area contributed by atoms with Crippen molar-refractivity contribution in [2.24, 2.45) is 0 Å². The molecule has 1 aliphatic heterocycles. The molecule has 0 unspecified atom stereocenters. The molecule has 100 valence electrons. The van der Waals surface area contributed by atoms with Gasteiger partial charge in [0.1, 0.15) is 0 Å². The van der Waals surface area contributed by atoms with Gasteiger partial charge in [0, 0.05) is 39.3 Å². The standard InChI is InChI=1S/C12H19N3O2S/c16-18(17,12-4-2-1-3-5-12)14-8-11-15-9-6-13-7-10-15/h1-5,13-14H,6-11H2. The number of sulfonamides is 1. The number of piperazine rings is 1. The molecule has 2 N–H and O–H groups in total. The zero-order valence-electron chi connectivity index (χ0n) is 10.3. The van der Waals surface area contributed by atoms with E-state index in [1.807, 2.05) is 0 Å². The molecule has 0 aliphatic carbocycles. The van der Waals surface area contributed by atoms with Gasteiger partial charge in [-0.1, -0.05) is 18.2 Å². The van der Waals surface area contributed by atoms with E-state index in [-0.39, 0.29) is 0 Å². The smallest absolute Gasteiger partial charge is 0.240 e. The molecule has 18 heavy (non-hydrogen) atoms. The van der Waals surface area contributed by atoms with E-state index >= 15 is 0 Å². The average Bonchev–Trinajstić information content (AvgIpc) is 2.41. The fourth-order valence-corrected chi connectivity index (χ4v) is 3.00. The zero-order chi connectivity index (χ0) is 12.8. The zero-order valence-corrected chi connectivity index (χ0v) is 11.1. The Labute approximate surface area is 108 Å². The number of nitrogens with zero attached hydrogens (tertiary/aromatic N) is 1. The lowest BCUT2D eigenvalue weighted by Crippen LogP contribution is -2.46. The first-order valence-corrected chi connectivity index (χ1v) is 7.64. The lowest BCUT2D eigenvalue weighted by molar-refractivity contribution is 0.245. The molecule has 0 spiro atoms. The van der Waals surface area contributed by atoms with Crippen LogP contribution in [0.5, 0.6) is 0 Å². The highest BCUT2D eigenvalue weighted by Gasteiger charge is 2.14. The normalized spacial score (nSPS) is 17.8. The summed E-state index contributed by atoms with van der Waals surface area (Å²) in [5.74, 6) is 0. The van der Waals surface area contributed by atoms with Crippen molar-refractivity contribution < 1.29 is 8.42 Å². The molecule has 0 aromatic heterocycles. The first-order valence-electron chi connectivity index (χ1n) is 6.16. The number of rotatable bonds is 5. The quantitative estimate of drug-likeness (QED) is 0.782. The van der Waals surface area contributed by atoms with Gasteiger partial charge in [-0.25, -0.2) is 13.1 Å². The minimum absolute atomic E-state index is 0.324. The summed E-state index contributed by atoms with van der Waals surface area (Å²) in [6, 6.07) is 8.47. The van der Waals surface area contributed by atoms with Crippen LogP contribution in [0.3, 0.4) is 0 Å². The minimum atomic E-state index is -3.35. The van der Waals surface area contributed by atoms with Gasteiger partial charge in [0.15, 0.2) is 0 Å². The summed E-state index contributed by atoms with van der Waals surface area (Å²) in [6.07, 6.45) is 0. The summed E-state index contributed by atoms with van der Waals surface area (Å²) in [6.45, 7) is 5.13. The Morgan fingerprint density at radius 2 is 1.83 bits per heavy atom. The summed E-state index contributed by atoms with van der Waals surface area (Å²) < 4.78 is 26.5. The minimum Gasteiger partial charge on any atom is -0.314 e. The van der Waals surface area contributed by atoms with E-state index in [2.05, 4.69) is 14.9 Å². The second kappa shape index (κ2) is 6.29. The van der Waals surface area contributed by atoms with E-state index < -0.39 is 10.0 Å². The van der Waals surface area contributed by atoms with Gasteiger partial charge in [-0.05, 0) is 12.1 Å². The van der Waals surface area contributed by atoms with Crippen molar-refractivity contribution in [3.05, 3.63) is 30.3 Å². The van der Waals surface area contributed by atoms with Crippen LogP contribution in [0, 0.1) is 0 Å². The van der Waals surface area contributed by atoms with Gasteiger partial charge in [-0.2, -0.15) is 0 Å². The molecule has 5 nitrogen and oxygen atoms in total. The van der Waals surface area contributed by atoms with Crippen molar-refractivity contribution in [2.75, 3.05) is 39.3 Å². The Balaban J connectivity index is 1.82. The molecule has 0 radical (unpaired) electrons. The molecule has 0 amide bonds. The third kappa shape index (κ3) is 3.78. The number of hydrogen-bond donors (Lipinski definition) is 2. The van der Waals surface area contributed by atoms with Crippen molar-refractivity contribution in [3.8, 4) is 0 Å². The van der Waals surface area contributed by atoms with Gasteiger partial charge in [-0.3, -0.25) is 4.90 Å². The van der Waals surface area contributed by atoms with Gasteiger partial charge in [-0.15, -0.1) is 0 Å². The second-order valence-electron chi connectivity index (χ2n) is 4.30. The molecule has 1 aliphatic rings. The van der Waals surface area contributed by atoms with Crippen LogP contribution in [-0.2, 0) is 10.0 Å². The average molecular weight is 269 g/mol. The summed E-state index contributed by atoms with van der Waals surface area (Å²) in [5.41, 5.74) is 0. The Morgan fingerprint density at radius 3 is 2.50 bits per heavy atom. The Morgan fingerprint density at radius 1 is 1.17 bits per heavy atom. The lowest BCUT2D eigenvalue weighted by Gasteiger charge is -2.27. The van der Waals surface area contributed by atoms with Crippen molar-refractivity contribution in [1.82, 2.24) is 14.9 Å². The van der Waals surface area contributed by atoms with Crippen LogP contribution in [0.1, 0.15) is 0 Å². The number of hydrogen-bond acceptors (Lipinski definition) is 4. The SMILES string of the molecule is O=S(=O)(NCCN1CCNCC1)c1ccccc1. The largest absolute Gasteiger partial charge is 0.314 e. The van der Waals surface area contributed by atoms with E-state index in [1.54, 1.807) is 30.3 Å². The molecular formula is C12H19N3O2S. The second-order valence-corrected chi connectivity index (χ2v) is 6.07. The molecule has 0 bridgehead atoms. The summed E-state index contributed by atoms with van der Waals surface area (Å²) in [7, 11) is -3.35. The van der Waals surface area contributed by atoms with Crippen LogP contribution in [0.15, 0.2) is 35.2 Å². The highest BCUT2D eigenvalue weighted by molar-refractivity contribution is 7.89. The van der Waals surface area contributed by atoms with Gasteiger partial charge in [0.25, 0.3) is 0 Å². The van der Waals surface area contributed by atoms with Crippen LogP contribution in [0.4, 0.5) is 0 Å². The fraction of sp³-hybridized carbons (Fsp3) is 0.500. The van der Waals surface area contributed by atoms with Gasteiger partial charge in [0.2, 0.25) is 10.0 Å². The van der Waals surface area contributed by atoms with E-state index in [0.29, 0.717) is 11.4 Å². The fourth-order valence-electron chi connectivity index (χ4n) is 1.96. The maximum atomic E-state index is 11.9. The maximum absolute atomic E-state index is 11.9. The Bertz CT molecular complexity index is 455. The molecule has 0 saturated carbocycles. The van der Waals surface area contributed by atoms with Crippen LogP contribution in [-0.4, -0.2) is 52.6 Å². The number of nitrogens with one attached hydrogen (secondary N) is 2. The van der Waals surface area contributed by atoms with Crippen LogP contribution in [0.2, 0.25) is 0 Å². The summed E-state index contributed by atoms with van der Waals surface area (Å²) >= 11 is 0. The summed E-state index contributed by atoms with van der Waals surface area (Å²) in [4.78, 5) is 2.58. The molecule has 1 aromatic carbocycles. The maximum Gasteiger partial charge on any atom is 0.240 e. The third-order valence-electron chi connectivity index (χ3n) is 2.98. The van der Waals surface area contributed by atoms with Gasteiger partial charge >= 0.3 is 0 Å². The Hall–Kier alpha value is -0.950. The molecular weight excluding hydrogens is 250 g/mol. The topological polar surface area (TPSA) is 61.4 Å². The molecule has 1 heterocycles. The predicted octanol–water partition coefficient (Wildman–Crippen LogP) is -0.130. The van der Waals surface area contributed by atoms with Crippen LogP contribution < -0.4 is 10.0 Å². The molecule has 1 saturated heterocycles. The van der Waals surface area contributed by atoms with Gasteiger partial charge in [0.05, 0.1) is 4.90 Å². The van der Waals surface area contributed by atoms with E-state index in [0.717, 1.165) is 32.7 Å². The van der Waals surface area contributed by atoms with Crippen LogP contribution >= 0.6 is 0 Å². The van der Waals surface area contributed by atoms with Crippen LogP contribution in [0.25, 0.3) is 0 Å². The molecule has 1 aromatic rings. The first kappa shape index (κ1) is 13.5. The summed E-state index contributed by atoms with van der Waals surface area (Å²) in [5, 5.41) is 3.27. The van der Waals surface area contributed by atoms with E-state index in [4.69, 9.17) is 0 Å². The monoisotopic (exact) mass is 269 g/mol. The molecule has 0 atom stereocenters. The molecule has 1 fully saturated rings. The third-order valence-corrected chi connectivity index (χ3v) is 4.46. The van der Waals surface area contributed by atoms with Crippen molar-refractivity contribution in [1.29, 1.82) is 0 Å². The van der Waals surface area contributed by atoms with E-state index in [1.165, 1.54) is 0 Å². The van der Waals surface area contributed by atoms with E-state index in [9.17, 15) is 8.42 Å². The lowest BCUT2D eigenvalue weighted by atomic mass is 10.3. The highest BCUT2D eigenvalue weighted by atomic mass is 32.2. The van der Waals surface area contributed by atoms with Crippen molar-refractivity contribution in [2.45, 2.75) is 4.90 Å². The Kier molecular flexibility index (Phi) is 4.71. The van der Waals surface area contributed by atoms with Crippen molar-refractivity contribution >= 4 is 10.0 Å². The molecule has 6 heteroatoms. The predicted molar refractivity (Wildman–Crippen MR) is 70.9 cm³/mol. The van der Waals surface area contributed by atoms with Gasteiger partial charge < -0.3 is 5.32 Å². The first-order chi connectivity index (χ1) is 8.68. The van der Waals surface area contributed by atoms with Crippen molar-refractivity contribution in [3.63, 3.8) is 0 Å². The number of benzene rings is 1.